The fourth-order valence-corrected chi connectivity index (χ4v) is 3.44. The molecule has 124 valence electrons. The predicted molar refractivity (Wildman–Crippen MR) is 84.7 cm³/mol. The lowest BCUT2D eigenvalue weighted by Crippen LogP contribution is -2.47. The number of rotatable bonds is 3. The summed E-state index contributed by atoms with van der Waals surface area (Å²) in [5.74, 6) is 0.620. The fraction of sp³-hybridized carbons (Fsp3) is 0.733. The molecule has 0 unspecified atom stereocenters. The molecule has 0 aromatic carbocycles. The van der Waals surface area contributed by atoms with Crippen molar-refractivity contribution in [1.29, 1.82) is 0 Å². The molecule has 0 N–H and O–H groups in total. The van der Waals surface area contributed by atoms with E-state index in [4.69, 9.17) is 4.74 Å². The third kappa shape index (κ3) is 4.63. The molecule has 2 heterocycles. The maximum atomic E-state index is 14.3. The molecule has 1 aliphatic heterocycles. The number of alkyl halides is 1. The average molecular weight is 329 g/mol. The molecule has 2 atom stereocenters. The Morgan fingerprint density at radius 2 is 2.27 bits per heavy atom. The number of carbonyl (C=O) groups excluding carboxylic acids is 1. The van der Waals surface area contributed by atoms with Gasteiger partial charge in [0.1, 0.15) is 11.8 Å². The minimum absolute atomic E-state index is 0.0552. The Morgan fingerprint density at radius 1 is 1.55 bits per heavy atom. The minimum atomic E-state index is -1.02. The second-order valence-electron chi connectivity index (χ2n) is 6.62. The van der Waals surface area contributed by atoms with E-state index in [1.54, 1.807) is 18.0 Å². The fourth-order valence-electron chi connectivity index (χ4n) is 2.31. The van der Waals surface area contributed by atoms with Gasteiger partial charge in [-0.15, -0.1) is 0 Å². The zero-order chi connectivity index (χ0) is 16.3. The SMILES string of the molecule is Cn1ccnc1SC[C@@H]1CCN(C(=O)OC(C)(C)C)C[C@H]1F. The van der Waals surface area contributed by atoms with Crippen LogP contribution in [0.2, 0.25) is 0 Å². The number of amides is 1. The summed E-state index contributed by atoms with van der Waals surface area (Å²) in [5.41, 5.74) is -0.548. The zero-order valence-corrected chi connectivity index (χ0v) is 14.4. The van der Waals surface area contributed by atoms with Crippen molar-refractivity contribution in [3.05, 3.63) is 12.4 Å². The van der Waals surface area contributed by atoms with Crippen LogP contribution in [0.3, 0.4) is 0 Å². The van der Waals surface area contributed by atoms with Crippen molar-refractivity contribution < 1.29 is 13.9 Å². The van der Waals surface area contributed by atoms with E-state index in [-0.39, 0.29) is 12.5 Å². The van der Waals surface area contributed by atoms with Crippen molar-refractivity contribution >= 4 is 17.9 Å². The molecule has 1 aromatic rings. The number of piperidine rings is 1. The first-order valence-corrected chi connectivity index (χ1v) is 8.47. The Balaban J connectivity index is 1.82. The number of halogens is 1. The number of nitrogens with zero attached hydrogens (tertiary/aromatic N) is 3. The third-order valence-electron chi connectivity index (χ3n) is 3.53. The Morgan fingerprint density at radius 3 is 2.82 bits per heavy atom. The van der Waals surface area contributed by atoms with E-state index in [2.05, 4.69) is 4.98 Å². The minimum Gasteiger partial charge on any atom is -0.444 e. The number of likely N-dealkylation sites (tertiary alicyclic amines) is 1. The molecule has 1 saturated heterocycles. The summed E-state index contributed by atoms with van der Waals surface area (Å²) < 4.78 is 21.6. The summed E-state index contributed by atoms with van der Waals surface area (Å²) in [4.78, 5) is 17.7. The van der Waals surface area contributed by atoms with Crippen LogP contribution in [-0.2, 0) is 11.8 Å². The first-order chi connectivity index (χ1) is 10.3. The largest absolute Gasteiger partial charge is 0.444 e. The van der Waals surface area contributed by atoms with Crippen molar-refractivity contribution in [2.45, 2.75) is 44.1 Å². The van der Waals surface area contributed by atoms with Crippen molar-refractivity contribution in [1.82, 2.24) is 14.5 Å². The van der Waals surface area contributed by atoms with Gasteiger partial charge in [-0.3, -0.25) is 0 Å². The molecule has 0 aliphatic carbocycles. The van der Waals surface area contributed by atoms with Crippen molar-refractivity contribution in [2.24, 2.45) is 13.0 Å². The van der Waals surface area contributed by atoms with E-state index >= 15 is 0 Å². The number of imidazole rings is 1. The highest BCUT2D eigenvalue weighted by molar-refractivity contribution is 7.99. The van der Waals surface area contributed by atoms with Gasteiger partial charge in [0.25, 0.3) is 0 Å². The van der Waals surface area contributed by atoms with Crippen LogP contribution in [0.15, 0.2) is 17.6 Å². The van der Waals surface area contributed by atoms with Crippen LogP contribution in [0.25, 0.3) is 0 Å². The Labute approximate surface area is 135 Å². The van der Waals surface area contributed by atoms with E-state index in [1.165, 1.54) is 4.90 Å². The van der Waals surface area contributed by atoms with Crippen LogP contribution < -0.4 is 0 Å². The molecule has 1 amide bonds. The van der Waals surface area contributed by atoms with Gasteiger partial charge in [-0.25, -0.2) is 14.2 Å². The number of hydrogen-bond donors (Lipinski definition) is 0. The second kappa shape index (κ2) is 6.89. The van der Waals surface area contributed by atoms with Crippen molar-refractivity contribution in [2.75, 3.05) is 18.8 Å². The highest BCUT2D eigenvalue weighted by Gasteiger charge is 2.33. The van der Waals surface area contributed by atoms with Gasteiger partial charge in [0.05, 0.1) is 6.54 Å². The van der Waals surface area contributed by atoms with Crippen molar-refractivity contribution in [3.63, 3.8) is 0 Å². The normalized spacial score (nSPS) is 22.7. The maximum absolute atomic E-state index is 14.3. The number of thioether (sulfide) groups is 1. The molecule has 2 rings (SSSR count). The molecule has 1 aromatic heterocycles. The van der Waals surface area contributed by atoms with Crippen LogP contribution >= 0.6 is 11.8 Å². The van der Waals surface area contributed by atoms with Gasteiger partial charge in [0, 0.05) is 37.7 Å². The summed E-state index contributed by atoms with van der Waals surface area (Å²) in [6.07, 6.45) is 2.82. The molecular weight excluding hydrogens is 305 g/mol. The molecular formula is C15H24FN3O2S. The number of aromatic nitrogens is 2. The first-order valence-electron chi connectivity index (χ1n) is 7.48. The van der Waals surface area contributed by atoms with Crippen LogP contribution in [0.1, 0.15) is 27.2 Å². The van der Waals surface area contributed by atoms with Crippen LogP contribution in [0.4, 0.5) is 9.18 Å². The van der Waals surface area contributed by atoms with E-state index in [1.807, 2.05) is 38.6 Å². The third-order valence-corrected chi connectivity index (χ3v) is 4.78. The maximum Gasteiger partial charge on any atom is 0.410 e. The van der Waals surface area contributed by atoms with Gasteiger partial charge in [0.15, 0.2) is 5.16 Å². The quantitative estimate of drug-likeness (QED) is 0.800. The lowest BCUT2D eigenvalue weighted by atomic mass is 9.97. The van der Waals surface area contributed by atoms with Gasteiger partial charge in [-0.1, -0.05) is 11.8 Å². The number of aryl methyl sites for hydroxylation is 1. The predicted octanol–water partition coefficient (Wildman–Crippen LogP) is 3.11. The lowest BCUT2D eigenvalue weighted by molar-refractivity contribution is 0.00746. The highest BCUT2D eigenvalue weighted by Crippen LogP contribution is 2.28. The summed E-state index contributed by atoms with van der Waals surface area (Å²) in [6, 6.07) is 0. The van der Waals surface area contributed by atoms with Gasteiger partial charge < -0.3 is 14.2 Å². The standard InChI is InChI=1S/C15H24FN3O2S/c1-15(2,3)21-14(20)19-7-5-11(12(16)9-19)10-22-13-17-6-8-18(13)4/h6,8,11-12H,5,7,9-10H2,1-4H3/t11-,12+/m0/s1. The Hall–Kier alpha value is -1.24. The topological polar surface area (TPSA) is 47.4 Å². The van der Waals surface area contributed by atoms with Crippen LogP contribution in [0, 0.1) is 5.92 Å². The highest BCUT2D eigenvalue weighted by atomic mass is 32.2. The monoisotopic (exact) mass is 329 g/mol. The van der Waals surface area contributed by atoms with E-state index in [9.17, 15) is 9.18 Å². The molecule has 0 radical (unpaired) electrons. The van der Waals surface area contributed by atoms with Crippen LogP contribution in [0.5, 0.6) is 0 Å². The smallest absolute Gasteiger partial charge is 0.410 e. The zero-order valence-electron chi connectivity index (χ0n) is 13.6. The molecule has 0 spiro atoms. The first kappa shape index (κ1) is 17.1. The number of ether oxygens (including phenoxy) is 1. The Kier molecular flexibility index (Phi) is 5.36. The van der Waals surface area contributed by atoms with E-state index < -0.39 is 17.9 Å². The average Bonchev–Trinajstić information content (AvgIpc) is 2.81. The Bertz CT molecular complexity index is 515. The summed E-state index contributed by atoms with van der Waals surface area (Å²) in [6.45, 7) is 6.10. The molecule has 22 heavy (non-hydrogen) atoms. The van der Waals surface area contributed by atoms with Gasteiger partial charge in [0.2, 0.25) is 0 Å². The van der Waals surface area contributed by atoms with E-state index in [0.29, 0.717) is 18.7 Å². The summed E-state index contributed by atoms with van der Waals surface area (Å²) >= 11 is 1.56. The molecule has 0 saturated carbocycles. The lowest BCUT2D eigenvalue weighted by Gasteiger charge is -2.35. The van der Waals surface area contributed by atoms with E-state index in [0.717, 1.165) is 5.16 Å². The van der Waals surface area contributed by atoms with Gasteiger partial charge in [-0.05, 0) is 27.2 Å². The van der Waals surface area contributed by atoms with Gasteiger partial charge >= 0.3 is 6.09 Å². The second-order valence-corrected chi connectivity index (χ2v) is 7.61. The number of hydrogen-bond acceptors (Lipinski definition) is 4. The number of carbonyl (C=O) groups is 1. The van der Waals surface area contributed by atoms with Gasteiger partial charge in [-0.2, -0.15) is 0 Å². The molecule has 1 fully saturated rings. The molecule has 0 bridgehead atoms. The molecule has 5 nitrogen and oxygen atoms in total. The van der Waals surface area contributed by atoms with Crippen LogP contribution in [-0.4, -0.2) is 51.2 Å². The molecule has 1 aliphatic rings. The summed E-state index contributed by atoms with van der Waals surface area (Å²) in [7, 11) is 1.92. The van der Waals surface area contributed by atoms with Crippen molar-refractivity contribution in [3.8, 4) is 0 Å². The molecule has 7 heteroatoms. The summed E-state index contributed by atoms with van der Waals surface area (Å²) in [5, 5.41) is 0.891.